The topological polar surface area (TPSA) is 0 Å². The Morgan fingerprint density at radius 1 is 1.67 bits per heavy atom. The van der Waals surface area contributed by atoms with E-state index in [1.807, 2.05) is 13.0 Å². The van der Waals surface area contributed by atoms with Gasteiger partial charge in [-0.05, 0) is 6.92 Å². The van der Waals surface area contributed by atoms with Gasteiger partial charge in [-0.1, -0.05) is 18.3 Å². The van der Waals surface area contributed by atoms with Gasteiger partial charge in [0.25, 0.3) is 0 Å². The normalized spacial score (nSPS) is 15.8. The van der Waals surface area contributed by atoms with E-state index in [0.717, 1.165) is 0 Å². The van der Waals surface area contributed by atoms with Crippen molar-refractivity contribution >= 4 is 19.2 Å². The van der Waals surface area contributed by atoms with Crippen LogP contribution in [0.4, 0.5) is 0 Å². The minimum absolute atomic E-state index is 0.879. The Bertz CT molecular complexity index is 49.5. The van der Waals surface area contributed by atoms with Gasteiger partial charge in [0.2, 0.25) is 0 Å². The smallest absolute Gasteiger partial charge is 0.160 e. The van der Waals surface area contributed by atoms with Gasteiger partial charge in [0.05, 0.1) is 0 Å². The molecule has 0 aromatic heterocycles. The van der Waals surface area contributed by atoms with E-state index < -0.39 is 8.11 Å². The lowest BCUT2D eigenvalue weighted by atomic mass is 10.8. The van der Waals surface area contributed by atoms with Crippen molar-refractivity contribution in [1.29, 1.82) is 0 Å². The van der Waals surface area contributed by atoms with Crippen molar-refractivity contribution < 1.29 is 0 Å². The molecule has 0 aromatic rings. The van der Waals surface area contributed by atoms with Crippen LogP contribution >= 0.6 is 11.1 Å². The van der Waals surface area contributed by atoms with Crippen LogP contribution in [0.15, 0.2) is 11.8 Å². The number of allylic oxidation sites excluding steroid dienone is 1. The first-order valence-electron chi connectivity index (χ1n) is 2.04. The highest BCUT2D eigenvalue weighted by Crippen LogP contribution is 1.87. The standard InChI is InChI=1S/C4H9ClSi/c1-3-4-6(2)5/h3-4,6H,1-2H3. The van der Waals surface area contributed by atoms with E-state index in [1.165, 1.54) is 0 Å². The summed E-state index contributed by atoms with van der Waals surface area (Å²) in [5, 5.41) is 0. The Morgan fingerprint density at radius 2 is 2.17 bits per heavy atom. The Kier molecular flexibility index (Phi) is 3.58. The van der Waals surface area contributed by atoms with Gasteiger partial charge in [-0.15, -0.1) is 0 Å². The molecule has 0 N–H and O–H groups in total. The fraction of sp³-hybridized carbons (Fsp3) is 0.500. The highest BCUT2D eigenvalue weighted by Gasteiger charge is 1.83. The first-order valence-corrected chi connectivity index (χ1v) is 5.61. The second-order valence-electron chi connectivity index (χ2n) is 1.20. The SMILES string of the molecule is CC=C[SiH](C)Cl. The van der Waals surface area contributed by atoms with Crippen LogP contribution in [0, 0.1) is 0 Å². The maximum absolute atomic E-state index is 5.63. The molecule has 0 nitrogen and oxygen atoms in total. The zero-order valence-corrected chi connectivity index (χ0v) is 6.02. The molecule has 6 heavy (non-hydrogen) atoms. The molecule has 0 aliphatic carbocycles. The fourth-order valence-corrected chi connectivity index (χ4v) is 1.23. The van der Waals surface area contributed by atoms with Gasteiger partial charge in [0, 0.05) is 0 Å². The van der Waals surface area contributed by atoms with E-state index in [0.29, 0.717) is 0 Å². The predicted molar refractivity (Wildman–Crippen MR) is 33.7 cm³/mol. The summed E-state index contributed by atoms with van der Waals surface area (Å²) in [6.45, 7) is 4.06. The average Bonchev–Trinajstić information content (AvgIpc) is 1.35. The molecule has 0 spiro atoms. The summed E-state index contributed by atoms with van der Waals surface area (Å²) >= 11 is 5.63. The minimum atomic E-state index is -0.879. The molecule has 0 bridgehead atoms. The van der Waals surface area contributed by atoms with Gasteiger partial charge in [0.15, 0.2) is 8.11 Å². The van der Waals surface area contributed by atoms with Crippen molar-refractivity contribution in [3.8, 4) is 0 Å². The lowest BCUT2D eigenvalue weighted by molar-refractivity contribution is 1.77. The first kappa shape index (κ1) is 6.25. The fourth-order valence-electron chi connectivity index (χ4n) is 0.265. The molecular weight excluding hydrogens is 112 g/mol. The molecule has 0 saturated carbocycles. The van der Waals surface area contributed by atoms with Gasteiger partial charge >= 0.3 is 0 Å². The van der Waals surface area contributed by atoms with Crippen LogP contribution in [0.3, 0.4) is 0 Å². The summed E-state index contributed by atoms with van der Waals surface area (Å²) in [4.78, 5) is 0. The third-order valence-electron chi connectivity index (χ3n) is 0.458. The minimum Gasteiger partial charge on any atom is -0.166 e. The third kappa shape index (κ3) is 4.25. The highest BCUT2D eigenvalue weighted by atomic mass is 35.6. The number of rotatable bonds is 1. The highest BCUT2D eigenvalue weighted by molar-refractivity contribution is 7.09. The van der Waals surface area contributed by atoms with Crippen molar-refractivity contribution in [3.05, 3.63) is 11.8 Å². The molecule has 0 saturated heterocycles. The van der Waals surface area contributed by atoms with Crippen LogP contribution in [0.2, 0.25) is 6.55 Å². The molecule has 0 amide bonds. The Hall–Kier alpha value is 0.247. The number of hydrogen-bond donors (Lipinski definition) is 0. The molecule has 2 heteroatoms. The summed E-state index contributed by atoms with van der Waals surface area (Å²) in [7, 11) is -0.879. The summed E-state index contributed by atoms with van der Waals surface area (Å²) in [5.41, 5.74) is 2.07. The lowest BCUT2D eigenvalue weighted by Crippen LogP contribution is -1.85. The van der Waals surface area contributed by atoms with Crippen LogP contribution in [-0.4, -0.2) is 8.11 Å². The first-order chi connectivity index (χ1) is 2.77. The molecule has 1 unspecified atom stereocenters. The second kappa shape index (κ2) is 3.44. The van der Waals surface area contributed by atoms with E-state index in [-0.39, 0.29) is 0 Å². The maximum atomic E-state index is 5.63. The van der Waals surface area contributed by atoms with Gasteiger partial charge in [-0.2, -0.15) is 11.1 Å². The monoisotopic (exact) mass is 120 g/mol. The number of hydrogen-bond acceptors (Lipinski definition) is 0. The van der Waals surface area contributed by atoms with E-state index in [4.69, 9.17) is 11.1 Å². The number of halogens is 1. The average molecular weight is 121 g/mol. The zero-order valence-electron chi connectivity index (χ0n) is 4.11. The molecule has 0 radical (unpaired) electrons. The Morgan fingerprint density at radius 3 is 2.17 bits per heavy atom. The van der Waals surface area contributed by atoms with Crippen molar-refractivity contribution in [2.75, 3.05) is 0 Å². The van der Waals surface area contributed by atoms with Crippen molar-refractivity contribution in [1.82, 2.24) is 0 Å². The van der Waals surface area contributed by atoms with Gasteiger partial charge < -0.3 is 0 Å². The van der Waals surface area contributed by atoms with Crippen LogP contribution < -0.4 is 0 Å². The van der Waals surface area contributed by atoms with E-state index >= 15 is 0 Å². The quantitative estimate of drug-likeness (QED) is 0.365. The van der Waals surface area contributed by atoms with Crippen molar-refractivity contribution in [3.63, 3.8) is 0 Å². The molecule has 0 heterocycles. The van der Waals surface area contributed by atoms with E-state index in [1.54, 1.807) is 0 Å². The molecule has 0 aliphatic rings. The maximum Gasteiger partial charge on any atom is 0.160 e. The van der Waals surface area contributed by atoms with E-state index in [9.17, 15) is 0 Å². The largest absolute Gasteiger partial charge is 0.166 e. The van der Waals surface area contributed by atoms with Crippen LogP contribution in [0.1, 0.15) is 6.92 Å². The van der Waals surface area contributed by atoms with Crippen LogP contribution in [0.25, 0.3) is 0 Å². The van der Waals surface area contributed by atoms with Gasteiger partial charge in [0.1, 0.15) is 0 Å². The van der Waals surface area contributed by atoms with Crippen LogP contribution in [0.5, 0.6) is 0 Å². The van der Waals surface area contributed by atoms with Crippen molar-refractivity contribution in [2.24, 2.45) is 0 Å². The Labute approximate surface area is 45.1 Å². The zero-order chi connectivity index (χ0) is 4.99. The molecule has 0 aromatic carbocycles. The van der Waals surface area contributed by atoms with Crippen LogP contribution in [-0.2, 0) is 0 Å². The van der Waals surface area contributed by atoms with Gasteiger partial charge in [-0.3, -0.25) is 0 Å². The summed E-state index contributed by atoms with van der Waals surface area (Å²) < 4.78 is 0. The lowest BCUT2D eigenvalue weighted by Gasteiger charge is -1.80. The van der Waals surface area contributed by atoms with Gasteiger partial charge in [-0.25, -0.2) is 0 Å². The molecule has 1 atom stereocenters. The Balaban J connectivity index is 3.03. The molecule has 0 aliphatic heterocycles. The van der Waals surface area contributed by atoms with Crippen molar-refractivity contribution in [2.45, 2.75) is 13.5 Å². The summed E-state index contributed by atoms with van der Waals surface area (Å²) in [6.07, 6.45) is 2.00. The summed E-state index contributed by atoms with van der Waals surface area (Å²) in [5.74, 6) is 0. The molecule has 36 valence electrons. The molecular formula is C4H9ClSi. The second-order valence-corrected chi connectivity index (χ2v) is 5.01. The third-order valence-corrected chi connectivity index (χ3v) is 1.81. The molecule has 0 rings (SSSR count). The molecule has 0 fully saturated rings. The van der Waals surface area contributed by atoms with E-state index in [2.05, 4.69) is 12.2 Å². The summed E-state index contributed by atoms with van der Waals surface area (Å²) in [6, 6.07) is 0. The predicted octanol–water partition coefficient (Wildman–Crippen LogP) is 1.69.